The van der Waals surface area contributed by atoms with Gasteiger partial charge in [-0.15, -0.1) is 0 Å². The van der Waals surface area contributed by atoms with Crippen LogP contribution >= 0.6 is 0 Å². The number of aliphatic hydroxyl groups is 7. The van der Waals surface area contributed by atoms with Crippen molar-refractivity contribution in [3.63, 3.8) is 0 Å². The summed E-state index contributed by atoms with van der Waals surface area (Å²) in [4.78, 5) is 13.0. The number of hydrogen-bond donors (Lipinski definition) is 7. The third-order valence-corrected chi connectivity index (χ3v) is 13.4. The highest BCUT2D eigenvalue weighted by atomic mass is 16.7. The van der Waals surface area contributed by atoms with E-state index in [1.807, 2.05) is 0 Å². The van der Waals surface area contributed by atoms with E-state index >= 15 is 0 Å². The first-order valence-corrected chi connectivity index (χ1v) is 28.2. The average Bonchev–Trinajstić information content (AvgIpc) is 3.37. The van der Waals surface area contributed by atoms with Crippen LogP contribution in [0.15, 0.2) is 48.6 Å². The lowest BCUT2D eigenvalue weighted by molar-refractivity contribution is -0.332. The molecule has 11 unspecified atom stereocenters. The SMILES string of the molecule is CC/C=C\C/C=C\C/C=C\C/C=C\CCCCC(=O)OC(COCCCCCCCCCCCCCCCCCCCCCCCC)COC1OC(COC2OC(CO)C(O)C(O)C2O)C(O)C(O)C1O. The quantitative estimate of drug-likeness (QED) is 0.0172. The number of unbranched alkanes of at least 4 members (excludes halogenated alkanes) is 23. The Balaban J connectivity index is 1.72. The second-order valence-electron chi connectivity index (χ2n) is 19.7. The molecule has 2 heterocycles. The molecule has 2 rings (SSSR count). The fraction of sp³-hybridized carbons (Fsp3) is 0.842. The van der Waals surface area contributed by atoms with Crippen LogP contribution in [0.3, 0.4) is 0 Å². The fourth-order valence-corrected chi connectivity index (χ4v) is 8.81. The van der Waals surface area contributed by atoms with E-state index in [9.17, 15) is 40.5 Å². The number of hydrogen-bond acceptors (Lipinski definition) is 14. The Kier molecular flexibility index (Phi) is 40.6. The van der Waals surface area contributed by atoms with Gasteiger partial charge in [-0.25, -0.2) is 0 Å². The van der Waals surface area contributed by atoms with Crippen molar-refractivity contribution in [3.05, 3.63) is 48.6 Å². The van der Waals surface area contributed by atoms with Crippen molar-refractivity contribution in [1.82, 2.24) is 0 Å². The maximum atomic E-state index is 13.0. The molecule has 414 valence electrons. The molecular formula is C57H102O14. The second kappa shape index (κ2) is 44.3. The van der Waals surface area contributed by atoms with Crippen LogP contribution in [0.2, 0.25) is 0 Å². The van der Waals surface area contributed by atoms with Gasteiger partial charge in [-0.2, -0.15) is 0 Å². The molecule has 0 aliphatic carbocycles. The summed E-state index contributed by atoms with van der Waals surface area (Å²) in [5.41, 5.74) is 0. The lowest BCUT2D eigenvalue weighted by Gasteiger charge is -2.42. The van der Waals surface area contributed by atoms with E-state index in [1.165, 1.54) is 122 Å². The number of aliphatic hydroxyl groups excluding tert-OH is 7. The van der Waals surface area contributed by atoms with Gasteiger partial charge in [0.15, 0.2) is 12.6 Å². The molecular weight excluding hydrogens is 909 g/mol. The minimum atomic E-state index is -1.71. The van der Waals surface area contributed by atoms with E-state index in [-0.39, 0.29) is 19.6 Å². The molecule has 0 aromatic heterocycles. The highest BCUT2D eigenvalue weighted by molar-refractivity contribution is 5.69. The van der Waals surface area contributed by atoms with Crippen molar-refractivity contribution < 1.29 is 69.0 Å². The zero-order valence-corrected chi connectivity index (χ0v) is 44.2. The summed E-state index contributed by atoms with van der Waals surface area (Å²) in [6, 6.07) is 0. The molecule has 2 aliphatic rings. The minimum absolute atomic E-state index is 0.0462. The topological polar surface area (TPSA) is 214 Å². The van der Waals surface area contributed by atoms with Crippen LogP contribution < -0.4 is 0 Å². The van der Waals surface area contributed by atoms with E-state index in [2.05, 4.69) is 62.5 Å². The Morgan fingerprint density at radius 1 is 0.479 bits per heavy atom. The summed E-state index contributed by atoms with van der Waals surface area (Å²) in [5.74, 6) is -0.414. The lowest BCUT2D eigenvalue weighted by atomic mass is 9.98. The van der Waals surface area contributed by atoms with E-state index in [0.717, 1.165) is 57.8 Å². The van der Waals surface area contributed by atoms with Gasteiger partial charge in [0.1, 0.15) is 54.9 Å². The molecule has 0 spiro atoms. The third-order valence-electron chi connectivity index (χ3n) is 13.4. The summed E-state index contributed by atoms with van der Waals surface area (Å²) >= 11 is 0. The first-order chi connectivity index (χ1) is 34.6. The molecule has 2 saturated heterocycles. The van der Waals surface area contributed by atoms with E-state index in [4.69, 9.17) is 28.4 Å². The Labute approximate surface area is 429 Å². The van der Waals surface area contributed by atoms with E-state index in [0.29, 0.717) is 13.0 Å². The predicted octanol–water partition coefficient (Wildman–Crippen LogP) is 9.52. The molecule has 2 fully saturated rings. The van der Waals surface area contributed by atoms with Crippen molar-refractivity contribution in [2.45, 2.75) is 274 Å². The number of esters is 1. The summed E-state index contributed by atoms with van der Waals surface area (Å²) < 4.78 is 34.3. The summed E-state index contributed by atoms with van der Waals surface area (Å²) in [7, 11) is 0. The van der Waals surface area contributed by atoms with Gasteiger partial charge in [0.25, 0.3) is 0 Å². The van der Waals surface area contributed by atoms with Crippen molar-refractivity contribution in [2.24, 2.45) is 0 Å². The first kappa shape index (κ1) is 65.1. The van der Waals surface area contributed by atoms with Gasteiger partial charge < -0.3 is 64.2 Å². The zero-order chi connectivity index (χ0) is 51.6. The van der Waals surface area contributed by atoms with Crippen LogP contribution in [0, 0.1) is 0 Å². The van der Waals surface area contributed by atoms with Crippen LogP contribution in [0.5, 0.6) is 0 Å². The summed E-state index contributed by atoms with van der Waals surface area (Å²) in [6.07, 6.45) is 36.1. The fourth-order valence-electron chi connectivity index (χ4n) is 8.81. The van der Waals surface area contributed by atoms with Gasteiger partial charge in [-0.05, 0) is 51.4 Å². The van der Waals surface area contributed by atoms with Crippen molar-refractivity contribution >= 4 is 5.97 Å². The molecule has 0 radical (unpaired) electrons. The maximum absolute atomic E-state index is 13.0. The molecule has 14 nitrogen and oxygen atoms in total. The Bertz CT molecular complexity index is 1360. The van der Waals surface area contributed by atoms with Gasteiger partial charge in [0, 0.05) is 13.0 Å². The molecule has 0 bridgehead atoms. The smallest absolute Gasteiger partial charge is 0.306 e. The third kappa shape index (κ3) is 31.4. The normalized spacial score (nSPS) is 25.6. The van der Waals surface area contributed by atoms with Crippen molar-refractivity contribution in [2.75, 3.05) is 33.0 Å². The second-order valence-corrected chi connectivity index (χ2v) is 19.7. The first-order valence-electron chi connectivity index (χ1n) is 28.2. The number of ether oxygens (including phenoxy) is 6. The molecule has 0 aromatic rings. The molecule has 11 atom stereocenters. The molecule has 14 heteroatoms. The summed E-state index contributed by atoms with van der Waals surface area (Å²) in [5, 5.41) is 72.2. The summed E-state index contributed by atoms with van der Waals surface area (Å²) in [6.45, 7) is 3.54. The van der Waals surface area contributed by atoms with Crippen LogP contribution in [-0.4, -0.2) is 142 Å². The molecule has 0 aromatic carbocycles. The highest BCUT2D eigenvalue weighted by Gasteiger charge is 2.47. The Morgan fingerprint density at radius 2 is 0.915 bits per heavy atom. The predicted molar refractivity (Wildman–Crippen MR) is 279 cm³/mol. The minimum Gasteiger partial charge on any atom is -0.457 e. The van der Waals surface area contributed by atoms with Crippen LogP contribution in [0.1, 0.15) is 206 Å². The number of carbonyl (C=O) groups excluding carboxylic acids is 1. The van der Waals surface area contributed by atoms with Gasteiger partial charge >= 0.3 is 5.97 Å². The molecule has 71 heavy (non-hydrogen) atoms. The Hall–Kier alpha value is -2.05. The number of allylic oxidation sites excluding steroid dienone is 8. The zero-order valence-electron chi connectivity index (χ0n) is 44.2. The lowest BCUT2D eigenvalue weighted by Crippen LogP contribution is -2.61. The van der Waals surface area contributed by atoms with Crippen molar-refractivity contribution in [1.29, 1.82) is 0 Å². The van der Waals surface area contributed by atoms with E-state index in [1.54, 1.807) is 0 Å². The standard InChI is InChI=1S/C57H102O14/c1-3-5-7-9-11-13-15-17-19-20-21-22-23-24-25-27-29-31-33-35-37-39-41-66-43-46(69-49(59)40-38-36-34-32-30-28-26-18-16-14-12-10-8-6-4-2)44-67-56-55(65)53(63)51(61)48(71-56)45-68-57-54(64)52(62)50(60)47(42-58)70-57/h6,8,12,14,18,26,30,32,46-48,50-58,60-65H,3-5,7,9-11,13,15-17,19-25,27-29,31,33-45H2,1-2H3/b8-6-,14-12-,26-18-,32-30-. The highest BCUT2D eigenvalue weighted by Crippen LogP contribution is 2.26. The van der Waals surface area contributed by atoms with Gasteiger partial charge in [0.2, 0.25) is 0 Å². The van der Waals surface area contributed by atoms with Gasteiger partial charge in [-0.1, -0.05) is 197 Å². The molecule has 7 N–H and O–H groups in total. The Morgan fingerprint density at radius 3 is 1.41 bits per heavy atom. The molecule has 0 saturated carbocycles. The average molecular weight is 1010 g/mol. The number of carbonyl (C=O) groups is 1. The largest absolute Gasteiger partial charge is 0.457 e. The van der Waals surface area contributed by atoms with Crippen LogP contribution in [0.25, 0.3) is 0 Å². The van der Waals surface area contributed by atoms with Crippen LogP contribution in [-0.2, 0) is 33.2 Å². The van der Waals surface area contributed by atoms with E-state index < -0.39 is 86.7 Å². The van der Waals surface area contributed by atoms with Gasteiger partial charge in [0.05, 0.1) is 26.4 Å². The molecule has 2 aliphatic heterocycles. The monoisotopic (exact) mass is 1010 g/mol. The van der Waals surface area contributed by atoms with Crippen LogP contribution in [0.4, 0.5) is 0 Å². The van der Waals surface area contributed by atoms with Gasteiger partial charge in [-0.3, -0.25) is 4.79 Å². The number of rotatable bonds is 45. The maximum Gasteiger partial charge on any atom is 0.306 e. The molecule has 0 amide bonds. The van der Waals surface area contributed by atoms with Crippen molar-refractivity contribution in [3.8, 4) is 0 Å².